The fourth-order valence-electron chi connectivity index (χ4n) is 1.85. The van der Waals surface area contributed by atoms with Crippen LogP contribution in [0.4, 0.5) is 5.82 Å². The first-order valence-corrected chi connectivity index (χ1v) is 6.94. The lowest BCUT2D eigenvalue weighted by atomic mass is 10.1. The zero-order valence-electron chi connectivity index (χ0n) is 12.8. The molecular weight excluding hydrogens is 274 g/mol. The predicted octanol–water partition coefficient (Wildman–Crippen LogP) is 4.60. The molecular formula is C18H19N3O. The molecule has 3 aromatic rings. The molecule has 3 rings (SSSR count). The van der Waals surface area contributed by atoms with Crippen LogP contribution in [0.1, 0.15) is 11.1 Å². The average Bonchev–Trinajstić information content (AvgIpc) is 3.02. The standard InChI is InChI=1S/C13H13N3.C5H6O/c1-3-15-13-10(2)7-12(9-16-13)11-5-4-6-14-8-11;1-5-2-3-6-4-5/h3-9H,1H2,2H3,(H,15,16);2-4H,1H3. The van der Waals surface area contributed by atoms with Crippen LogP contribution in [0.3, 0.4) is 0 Å². The summed E-state index contributed by atoms with van der Waals surface area (Å²) in [5, 5.41) is 2.99. The van der Waals surface area contributed by atoms with E-state index in [1.54, 1.807) is 24.9 Å². The Morgan fingerprint density at radius 3 is 2.55 bits per heavy atom. The van der Waals surface area contributed by atoms with E-state index in [-0.39, 0.29) is 0 Å². The summed E-state index contributed by atoms with van der Waals surface area (Å²) in [4.78, 5) is 8.42. The van der Waals surface area contributed by atoms with E-state index in [4.69, 9.17) is 4.42 Å². The van der Waals surface area contributed by atoms with E-state index in [1.165, 1.54) is 5.56 Å². The van der Waals surface area contributed by atoms with E-state index in [0.717, 1.165) is 22.5 Å². The summed E-state index contributed by atoms with van der Waals surface area (Å²) in [5.41, 5.74) is 4.40. The van der Waals surface area contributed by atoms with Gasteiger partial charge in [-0.3, -0.25) is 4.98 Å². The van der Waals surface area contributed by atoms with Gasteiger partial charge >= 0.3 is 0 Å². The van der Waals surface area contributed by atoms with Gasteiger partial charge in [-0.1, -0.05) is 12.6 Å². The second kappa shape index (κ2) is 7.78. The van der Waals surface area contributed by atoms with Crippen LogP contribution in [0.25, 0.3) is 11.1 Å². The molecule has 0 spiro atoms. The number of rotatable bonds is 3. The van der Waals surface area contributed by atoms with E-state index in [0.29, 0.717) is 0 Å². The first-order chi connectivity index (χ1) is 10.7. The SMILES string of the molecule is C=CNc1ncc(-c2cccnc2)cc1C.Cc1ccoc1. The van der Waals surface area contributed by atoms with Crippen molar-refractivity contribution in [1.29, 1.82) is 0 Å². The van der Waals surface area contributed by atoms with Crippen molar-refractivity contribution in [2.75, 3.05) is 5.32 Å². The average molecular weight is 293 g/mol. The highest BCUT2D eigenvalue weighted by molar-refractivity contribution is 5.64. The molecule has 112 valence electrons. The molecule has 0 radical (unpaired) electrons. The summed E-state index contributed by atoms with van der Waals surface area (Å²) >= 11 is 0. The lowest BCUT2D eigenvalue weighted by molar-refractivity contribution is 0.565. The van der Waals surface area contributed by atoms with Gasteiger partial charge in [0, 0.05) is 29.7 Å². The summed E-state index contributed by atoms with van der Waals surface area (Å²) in [6.07, 6.45) is 10.4. The molecule has 1 N–H and O–H groups in total. The first-order valence-electron chi connectivity index (χ1n) is 6.94. The lowest BCUT2D eigenvalue weighted by Gasteiger charge is -2.06. The van der Waals surface area contributed by atoms with E-state index >= 15 is 0 Å². The van der Waals surface area contributed by atoms with Gasteiger partial charge in [0.05, 0.1) is 12.5 Å². The summed E-state index contributed by atoms with van der Waals surface area (Å²) in [5.74, 6) is 0.836. The third-order valence-corrected chi connectivity index (χ3v) is 2.98. The molecule has 4 heteroatoms. The molecule has 3 aromatic heterocycles. The Labute approximate surface area is 130 Å². The van der Waals surface area contributed by atoms with Gasteiger partial charge in [0.15, 0.2) is 0 Å². The topological polar surface area (TPSA) is 51.0 Å². The van der Waals surface area contributed by atoms with Crippen molar-refractivity contribution in [2.45, 2.75) is 13.8 Å². The van der Waals surface area contributed by atoms with E-state index in [1.807, 2.05) is 44.4 Å². The second-order valence-electron chi connectivity index (χ2n) is 4.78. The highest BCUT2D eigenvalue weighted by Crippen LogP contribution is 2.21. The van der Waals surface area contributed by atoms with Crippen molar-refractivity contribution in [1.82, 2.24) is 9.97 Å². The number of pyridine rings is 2. The number of nitrogens with one attached hydrogen (secondary N) is 1. The zero-order chi connectivity index (χ0) is 15.8. The zero-order valence-corrected chi connectivity index (χ0v) is 12.8. The van der Waals surface area contributed by atoms with Crippen LogP contribution in [0.5, 0.6) is 0 Å². The molecule has 0 saturated heterocycles. The van der Waals surface area contributed by atoms with E-state index < -0.39 is 0 Å². The second-order valence-corrected chi connectivity index (χ2v) is 4.78. The minimum atomic E-state index is 0.836. The van der Waals surface area contributed by atoms with Crippen molar-refractivity contribution in [2.24, 2.45) is 0 Å². The summed E-state index contributed by atoms with van der Waals surface area (Å²) < 4.78 is 4.71. The maximum absolute atomic E-state index is 4.71. The number of nitrogens with zero attached hydrogens (tertiary/aromatic N) is 2. The third kappa shape index (κ3) is 4.31. The highest BCUT2D eigenvalue weighted by atomic mass is 16.3. The van der Waals surface area contributed by atoms with Crippen molar-refractivity contribution in [3.63, 3.8) is 0 Å². The summed E-state index contributed by atoms with van der Waals surface area (Å²) in [7, 11) is 0. The van der Waals surface area contributed by atoms with Crippen molar-refractivity contribution in [3.8, 4) is 11.1 Å². The predicted molar refractivity (Wildman–Crippen MR) is 89.5 cm³/mol. The molecule has 0 amide bonds. The van der Waals surface area contributed by atoms with Gasteiger partial charge < -0.3 is 9.73 Å². The molecule has 0 saturated carbocycles. The molecule has 0 aliphatic heterocycles. The van der Waals surface area contributed by atoms with E-state index in [2.05, 4.69) is 27.9 Å². The number of hydrogen-bond acceptors (Lipinski definition) is 4. The molecule has 3 heterocycles. The number of furan rings is 1. The van der Waals surface area contributed by atoms with Crippen LogP contribution in [0.15, 0.2) is 72.6 Å². The van der Waals surface area contributed by atoms with Crippen LogP contribution in [0.2, 0.25) is 0 Å². The van der Waals surface area contributed by atoms with Gasteiger partial charge in [-0.15, -0.1) is 0 Å². The normalized spacial score (nSPS) is 9.55. The van der Waals surface area contributed by atoms with Crippen LogP contribution in [-0.2, 0) is 0 Å². The van der Waals surface area contributed by atoms with Gasteiger partial charge in [-0.2, -0.15) is 0 Å². The van der Waals surface area contributed by atoms with Gasteiger partial charge in [0.2, 0.25) is 0 Å². The Bertz CT molecular complexity index is 706. The van der Waals surface area contributed by atoms with Crippen LogP contribution in [-0.4, -0.2) is 9.97 Å². The fourth-order valence-corrected chi connectivity index (χ4v) is 1.85. The van der Waals surface area contributed by atoms with Crippen molar-refractivity contribution in [3.05, 3.63) is 79.3 Å². The number of aryl methyl sites for hydroxylation is 2. The minimum absolute atomic E-state index is 0.836. The van der Waals surface area contributed by atoms with Crippen LogP contribution < -0.4 is 5.32 Å². The number of anilines is 1. The molecule has 4 nitrogen and oxygen atoms in total. The monoisotopic (exact) mass is 293 g/mol. The molecule has 0 fully saturated rings. The van der Waals surface area contributed by atoms with Gasteiger partial charge in [-0.05, 0) is 49.4 Å². The quantitative estimate of drug-likeness (QED) is 0.767. The smallest absolute Gasteiger partial charge is 0.132 e. The maximum Gasteiger partial charge on any atom is 0.132 e. The lowest BCUT2D eigenvalue weighted by Crippen LogP contribution is -1.94. The number of aromatic nitrogens is 2. The summed E-state index contributed by atoms with van der Waals surface area (Å²) in [6, 6.07) is 7.93. The Morgan fingerprint density at radius 1 is 1.18 bits per heavy atom. The molecule has 0 atom stereocenters. The van der Waals surface area contributed by atoms with E-state index in [9.17, 15) is 0 Å². The Morgan fingerprint density at radius 2 is 2.05 bits per heavy atom. The first kappa shape index (κ1) is 15.5. The van der Waals surface area contributed by atoms with Gasteiger partial charge in [0.1, 0.15) is 5.82 Å². The number of hydrogen-bond donors (Lipinski definition) is 1. The van der Waals surface area contributed by atoms with Crippen LogP contribution in [0, 0.1) is 13.8 Å². The third-order valence-electron chi connectivity index (χ3n) is 2.98. The highest BCUT2D eigenvalue weighted by Gasteiger charge is 2.02. The van der Waals surface area contributed by atoms with Gasteiger partial charge in [0.25, 0.3) is 0 Å². The Hall–Kier alpha value is -2.88. The molecule has 0 aromatic carbocycles. The van der Waals surface area contributed by atoms with Crippen molar-refractivity contribution >= 4 is 5.82 Å². The Kier molecular flexibility index (Phi) is 5.49. The molecule has 0 aliphatic carbocycles. The fraction of sp³-hybridized carbons (Fsp3) is 0.111. The molecule has 22 heavy (non-hydrogen) atoms. The molecule has 0 aliphatic rings. The maximum atomic E-state index is 4.71. The largest absolute Gasteiger partial charge is 0.472 e. The molecule has 0 unspecified atom stereocenters. The van der Waals surface area contributed by atoms with Crippen molar-refractivity contribution < 1.29 is 4.42 Å². The molecule has 0 bridgehead atoms. The minimum Gasteiger partial charge on any atom is -0.472 e. The van der Waals surface area contributed by atoms with Crippen LogP contribution >= 0.6 is 0 Å². The van der Waals surface area contributed by atoms with Gasteiger partial charge in [-0.25, -0.2) is 4.98 Å². The Balaban J connectivity index is 0.000000246. The summed E-state index contributed by atoms with van der Waals surface area (Å²) in [6.45, 7) is 7.62.